The first kappa shape index (κ1) is 50.6. The molecule has 7 atom stereocenters. The highest BCUT2D eigenvalue weighted by atomic mass is 31.1. The van der Waals surface area contributed by atoms with Crippen LogP contribution in [0.1, 0.15) is 105 Å². The van der Waals surface area contributed by atoms with Gasteiger partial charge in [0.05, 0.1) is 18.9 Å². The van der Waals surface area contributed by atoms with Gasteiger partial charge in [-0.25, -0.2) is 24.5 Å². The minimum atomic E-state index is -2.99. The van der Waals surface area contributed by atoms with Gasteiger partial charge in [-0.05, 0) is 77.0 Å². The van der Waals surface area contributed by atoms with E-state index in [1.165, 1.54) is 19.6 Å². The molecule has 0 radical (unpaired) electrons. The number of nitrogens with two attached hydrogens (primary N) is 1. The number of imidazole rings is 1. The summed E-state index contributed by atoms with van der Waals surface area (Å²) in [5, 5.41) is 27.9. The third-order valence-corrected chi connectivity index (χ3v) is 10.1. The smallest absolute Gasteiger partial charge is 0.460 e. The lowest BCUT2D eigenvalue weighted by Crippen LogP contribution is -2.48. The van der Waals surface area contributed by atoms with Crippen LogP contribution in [0.2, 0.25) is 0 Å². The maximum Gasteiger partial charge on any atom is 0.646 e. The molecule has 0 aliphatic carbocycles. The fourth-order valence-corrected chi connectivity index (χ4v) is 7.33. The summed E-state index contributed by atoms with van der Waals surface area (Å²) in [6, 6.07) is 5.57. The molecule has 3 amide bonds. The second-order valence-electron chi connectivity index (χ2n) is 17.4. The van der Waals surface area contributed by atoms with Crippen molar-refractivity contribution in [1.82, 2.24) is 35.2 Å². The number of nitrogens with zero attached hydrogens (tertiary/aromatic N) is 4. The summed E-state index contributed by atoms with van der Waals surface area (Å²) in [6.45, 7) is 13.2. The van der Waals surface area contributed by atoms with Crippen LogP contribution in [0.15, 0.2) is 36.9 Å². The number of carbonyl (C=O) groups is 4. The molecule has 22 heteroatoms. The molecule has 1 aliphatic heterocycles. The highest BCUT2D eigenvalue weighted by molar-refractivity contribution is 7.37. The molecule has 1 saturated heterocycles. The lowest BCUT2D eigenvalue weighted by molar-refractivity contribution is -0.232. The monoisotopic (exact) mass is 905 g/mol. The van der Waals surface area contributed by atoms with E-state index in [-0.39, 0.29) is 25.5 Å². The van der Waals surface area contributed by atoms with Crippen LogP contribution >= 0.6 is 8.18 Å². The maximum absolute atomic E-state index is 13.4. The number of ether oxygens (including phenoxy) is 5. The molecule has 3 unspecified atom stereocenters. The van der Waals surface area contributed by atoms with Crippen molar-refractivity contribution in [2.24, 2.45) is 5.92 Å². The fraction of sp³-hybridized carbons (Fsp3) is 0.634. The summed E-state index contributed by atoms with van der Waals surface area (Å²) in [4.78, 5) is 63.6. The Hall–Kier alpha value is -5.05. The van der Waals surface area contributed by atoms with E-state index in [9.17, 15) is 28.8 Å². The van der Waals surface area contributed by atoms with Gasteiger partial charge in [0.2, 0.25) is 0 Å². The number of rotatable bonds is 21. The van der Waals surface area contributed by atoms with Gasteiger partial charge < -0.3 is 50.3 Å². The number of hydrogen-bond donors (Lipinski definition) is 6. The SMILES string of the molecule is CC1[C@H](n2cnc3c(N)ncnc32)O[C@H](CO[P+](=O)NC(=O)[C@H](CC(=O)OC(C)(C)C)NC(=O)OC(C)(C)C)[C@H]1OC(C)(O)Cc1cccc(COC(=O)NCCCCCCO)c1. The van der Waals surface area contributed by atoms with Gasteiger partial charge in [-0.1, -0.05) is 44.0 Å². The van der Waals surface area contributed by atoms with E-state index >= 15 is 0 Å². The number of nitrogen functional groups attached to an aromatic ring is 1. The highest BCUT2D eigenvalue weighted by Gasteiger charge is 2.48. The van der Waals surface area contributed by atoms with E-state index in [4.69, 9.17) is 39.0 Å². The van der Waals surface area contributed by atoms with Crippen LogP contribution in [0.3, 0.4) is 0 Å². The van der Waals surface area contributed by atoms with E-state index in [0.717, 1.165) is 25.7 Å². The third kappa shape index (κ3) is 16.5. The van der Waals surface area contributed by atoms with Gasteiger partial charge in [0.25, 0.3) is 5.91 Å². The minimum absolute atomic E-state index is 0.00584. The van der Waals surface area contributed by atoms with Gasteiger partial charge in [0.1, 0.15) is 54.6 Å². The molecule has 7 N–H and O–H groups in total. The number of amides is 3. The van der Waals surface area contributed by atoms with Crippen molar-refractivity contribution in [3.8, 4) is 0 Å². The lowest BCUT2D eigenvalue weighted by atomic mass is 9.99. The first-order valence-electron chi connectivity index (χ1n) is 20.7. The molecule has 0 saturated carbocycles. The number of alkyl carbamates (subject to hydrolysis) is 2. The summed E-state index contributed by atoms with van der Waals surface area (Å²) in [6.07, 6.45) is 1.10. The first-order valence-corrected chi connectivity index (χ1v) is 21.9. The number of benzene rings is 1. The minimum Gasteiger partial charge on any atom is -0.460 e. The summed E-state index contributed by atoms with van der Waals surface area (Å²) in [5.41, 5.74) is 6.28. The Morgan fingerprint density at radius 2 is 1.67 bits per heavy atom. The number of hydrogen-bond acceptors (Lipinski definition) is 17. The van der Waals surface area contributed by atoms with Gasteiger partial charge >= 0.3 is 26.3 Å². The second kappa shape index (κ2) is 22.5. The molecule has 1 aliphatic rings. The number of aromatic nitrogens is 4. The van der Waals surface area contributed by atoms with Crippen molar-refractivity contribution in [2.45, 2.75) is 142 Å². The van der Waals surface area contributed by atoms with Crippen molar-refractivity contribution < 1.29 is 62.2 Å². The van der Waals surface area contributed by atoms with Crippen LogP contribution in [0.4, 0.5) is 15.4 Å². The predicted molar refractivity (Wildman–Crippen MR) is 228 cm³/mol. The zero-order valence-corrected chi connectivity index (χ0v) is 38.0. The van der Waals surface area contributed by atoms with Gasteiger partial charge in [0.15, 0.2) is 17.3 Å². The van der Waals surface area contributed by atoms with E-state index in [0.29, 0.717) is 28.8 Å². The Balaban J connectivity index is 1.46. The quantitative estimate of drug-likeness (QED) is 0.0283. The maximum atomic E-state index is 13.4. The zero-order valence-electron chi connectivity index (χ0n) is 37.1. The molecule has 63 heavy (non-hydrogen) atoms. The molecular formula is C41H62N8O13P+. The molecule has 0 spiro atoms. The van der Waals surface area contributed by atoms with Gasteiger partial charge in [-0.2, -0.15) is 0 Å². The molecule has 3 heterocycles. The fourth-order valence-electron chi connectivity index (χ4n) is 6.65. The van der Waals surface area contributed by atoms with Crippen molar-refractivity contribution in [3.05, 3.63) is 48.0 Å². The highest BCUT2D eigenvalue weighted by Crippen LogP contribution is 2.41. The summed E-state index contributed by atoms with van der Waals surface area (Å²) in [5.74, 6) is -4.01. The molecule has 1 aromatic carbocycles. The Morgan fingerprint density at radius 1 is 0.968 bits per heavy atom. The number of esters is 1. The third-order valence-electron chi connectivity index (χ3n) is 9.30. The number of aliphatic hydroxyl groups excluding tert-OH is 1. The Bertz CT molecular complexity index is 2010. The normalized spacial score (nSPS) is 19.4. The average molecular weight is 906 g/mol. The topological polar surface area (TPSA) is 287 Å². The summed E-state index contributed by atoms with van der Waals surface area (Å²) >= 11 is 0. The molecule has 3 aromatic rings. The van der Waals surface area contributed by atoms with Gasteiger partial charge in [0, 0.05) is 25.5 Å². The van der Waals surface area contributed by atoms with Crippen molar-refractivity contribution in [2.75, 3.05) is 25.5 Å². The molecule has 0 bridgehead atoms. The number of fused-ring (bicyclic) bond motifs is 1. The summed E-state index contributed by atoms with van der Waals surface area (Å²) in [7, 11) is -2.99. The first-order chi connectivity index (χ1) is 29.5. The van der Waals surface area contributed by atoms with Gasteiger partial charge in [-0.3, -0.25) is 14.2 Å². The van der Waals surface area contributed by atoms with Crippen LogP contribution < -0.4 is 21.5 Å². The zero-order chi connectivity index (χ0) is 46.5. The van der Waals surface area contributed by atoms with Crippen molar-refractivity contribution >= 4 is 49.2 Å². The molecule has 4 rings (SSSR count). The van der Waals surface area contributed by atoms with Crippen molar-refractivity contribution in [3.63, 3.8) is 0 Å². The van der Waals surface area contributed by atoms with Crippen LogP contribution in [-0.2, 0) is 55.4 Å². The van der Waals surface area contributed by atoms with E-state index in [2.05, 4.69) is 30.7 Å². The molecule has 2 aromatic heterocycles. The number of carbonyl (C=O) groups excluding carboxylic acids is 4. The largest absolute Gasteiger partial charge is 0.646 e. The standard InChI is InChI=1S/C41H61N8O13P/c1-25-32(61-41(8,55)20-26-14-13-15-27(18-26)21-57-37(53)43-16-11-9-10-12-17-50)29(59-36(25)49-24-46-31-33(42)44-23-45-34(31)49)22-58-63(56)48-35(52)28(19-30(51)60-39(2,3)4)47-38(54)62-40(5,6)7/h13-15,18,23-25,28-29,32,36,50,55H,9-12,16-17,19-22H2,1-8H3,(H4-,42,43,44,45,47,48,52,53,54,56)/p+1/t25?,28-,29+,32-,36+,41?/m0/s1. The predicted octanol–water partition coefficient (Wildman–Crippen LogP) is 4.47. The summed E-state index contributed by atoms with van der Waals surface area (Å²) < 4.78 is 49.3. The van der Waals surface area contributed by atoms with Crippen LogP contribution in [0.5, 0.6) is 0 Å². The van der Waals surface area contributed by atoms with Gasteiger partial charge in [-0.15, -0.1) is 9.61 Å². The molecular weight excluding hydrogens is 843 g/mol. The van der Waals surface area contributed by atoms with E-state index in [1.807, 2.05) is 6.92 Å². The molecule has 21 nitrogen and oxygen atoms in total. The van der Waals surface area contributed by atoms with Crippen molar-refractivity contribution in [1.29, 1.82) is 0 Å². The van der Waals surface area contributed by atoms with Crippen LogP contribution in [0.25, 0.3) is 11.2 Å². The number of aliphatic hydroxyl groups is 2. The Morgan fingerprint density at radius 3 is 2.37 bits per heavy atom. The Labute approximate surface area is 367 Å². The number of nitrogens with one attached hydrogen (secondary N) is 3. The molecule has 1 fully saturated rings. The van der Waals surface area contributed by atoms with E-state index < -0.39 is 92.7 Å². The molecule has 348 valence electrons. The number of anilines is 1. The lowest BCUT2D eigenvalue weighted by Gasteiger charge is -2.31. The Kier molecular flexibility index (Phi) is 18.1. The second-order valence-corrected chi connectivity index (χ2v) is 18.4. The van der Waals surface area contributed by atoms with Crippen LogP contribution in [-0.4, -0.2) is 109 Å². The number of unbranched alkanes of at least 4 members (excludes halogenated alkanes) is 3. The average Bonchev–Trinajstić information content (AvgIpc) is 3.73. The van der Waals surface area contributed by atoms with E-state index in [1.54, 1.807) is 70.4 Å². The van der Waals surface area contributed by atoms with Crippen LogP contribution in [0, 0.1) is 5.92 Å².